The molecule has 2 heterocycles. The Labute approximate surface area is 196 Å². The Hall–Kier alpha value is -3.91. The van der Waals surface area contributed by atoms with Gasteiger partial charge in [0, 0.05) is 24.5 Å². The summed E-state index contributed by atoms with van der Waals surface area (Å²) in [4.78, 5) is 17.1. The third kappa shape index (κ3) is 4.80. The second kappa shape index (κ2) is 10.1. The minimum Gasteiger partial charge on any atom is -0.493 e. The Morgan fingerprint density at radius 3 is 2.52 bits per heavy atom. The van der Waals surface area contributed by atoms with Crippen molar-refractivity contribution in [1.29, 1.82) is 0 Å². The minimum atomic E-state index is -0.333. The molecule has 8 nitrogen and oxygen atoms in total. The van der Waals surface area contributed by atoms with E-state index in [2.05, 4.69) is 20.6 Å². The Balaban J connectivity index is 1.57. The molecule has 0 radical (unpaired) electrons. The summed E-state index contributed by atoms with van der Waals surface area (Å²) in [6.45, 7) is 0.406. The van der Waals surface area contributed by atoms with Crippen LogP contribution >= 0.6 is 11.6 Å². The predicted octanol–water partition coefficient (Wildman–Crippen LogP) is 3.97. The van der Waals surface area contributed by atoms with Crippen LogP contribution in [-0.4, -0.2) is 46.6 Å². The minimum absolute atomic E-state index is 0.202. The summed E-state index contributed by atoms with van der Waals surface area (Å²) in [5.74, 6) is 0.966. The number of aromatic nitrogens is 4. The van der Waals surface area contributed by atoms with Crippen LogP contribution in [-0.2, 0) is 6.42 Å². The number of carbonyl (C=O) groups excluding carboxylic acids is 1. The molecule has 0 spiro atoms. The number of hydrogen-bond acceptors (Lipinski definition) is 6. The van der Waals surface area contributed by atoms with Crippen LogP contribution in [0.3, 0.4) is 0 Å². The van der Waals surface area contributed by atoms with Gasteiger partial charge in [-0.2, -0.15) is 0 Å². The van der Waals surface area contributed by atoms with Crippen LogP contribution in [0.4, 0.5) is 0 Å². The standard InChI is InChI=1S/C24H22ClN5O3/c1-32-20-8-7-16(15-21(20)33-2)9-14-27-24(31)22-23(17-10-12-26-13-11-17)30(29-28-22)19-6-4-3-5-18(19)25/h3-8,10-13,15H,9,14H2,1-2H3,(H,27,31). The van der Waals surface area contributed by atoms with Crippen molar-refractivity contribution < 1.29 is 14.3 Å². The highest BCUT2D eigenvalue weighted by Crippen LogP contribution is 2.29. The molecule has 2 aromatic heterocycles. The third-order valence-corrected chi connectivity index (χ3v) is 5.39. The van der Waals surface area contributed by atoms with Crippen LogP contribution < -0.4 is 14.8 Å². The number of carbonyl (C=O) groups is 1. The summed E-state index contributed by atoms with van der Waals surface area (Å²) in [7, 11) is 3.18. The Morgan fingerprint density at radius 2 is 1.79 bits per heavy atom. The molecule has 33 heavy (non-hydrogen) atoms. The van der Waals surface area contributed by atoms with Crippen molar-refractivity contribution in [2.45, 2.75) is 6.42 Å². The van der Waals surface area contributed by atoms with Crippen molar-refractivity contribution in [2.75, 3.05) is 20.8 Å². The van der Waals surface area contributed by atoms with E-state index in [-0.39, 0.29) is 11.6 Å². The van der Waals surface area contributed by atoms with Gasteiger partial charge in [-0.05, 0) is 48.4 Å². The second-order valence-corrected chi connectivity index (χ2v) is 7.49. The monoisotopic (exact) mass is 463 g/mol. The normalized spacial score (nSPS) is 10.6. The quantitative estimate of drug-likeness (QED) is 0.425. The van der Waals surface area contributed by atoms with E-state index in [1.807, 2.05) is 36.4 Å². The molecule has 0 fully saturated rings. The Morgan fingerprint density at radius 1 is 1.03 bits per heavy atom. The van der Waals surface area contributed by atoms with Crippen LogP contribution in [0, 0.1) is 0 Å². The molecule has 1 N–H and O–H groups in total. The Kier molecular flexibility index (Phi) is 6.85. The van der Waals surface area contributed by atoms with Gasteiger partial charge in [0.2, 0.25) is 0 Å². The molecular formula is C24H22ClN5O3. The van der Waals surface area contributed by atoms with E-state index in [1.165, 1.54) is 0 Å². The average Bonchev–Trinajstić information content (AvgIpc) is 3.29. The number of pyridine rings is 1. The van der Waals surface area contributed by atoms with Crippen LogP contribution in [0.1, 0.15) is 16.1 Å². The zero-order valence-electron chi connectivity index (χ0n) is 18.2. The summed E-state index contributed by atoms with van der Waals surface area (Å²) in [6.07, 6.45) is 3.91. The fourth-order valence-electron chi connectivity index (χ4n) is 3.44. The maximum absolute atomic E-state index is 13.1. The van der Waals surface area contributed by atoms with Crippen LogP contribution in [0.15, 0.2) is 67.0 Å². The highest BCUT2D eigenvalue weighted by molar-refractivity contribution is 6.32. The first-order chi connectivity index (χ1) is 16.1. The largest absolute Gasteiger partial charge is 0.493 e. The molecule has 4 rings (SSSR count). The zero-order valence-corrected chi connectivity index (χ0v) is 18.9. The molecule has 168 valence electrons. The van der Waals surface area contributed by atoms with Gasteiger partial charge in [-0.25, -0.2) is 4.68 Å². The van der Waals surface area contributed by atoms with E-state index in [0.29, 0.717) is 40.9 Å². The molecule has 0 saturated heterocycles. The van der Waals surface area contributed by atoms with Gasteiger partial charge in [0.1, 0.15) is 5.69 Å². The first kappa shape index (κ1) is 22.3. The fraction of sp³-hybridized carbons (Fsp3) is 0.167. The number of hydrogen-bond donors (Lipinski definition) is 1. The molecule has 0 saturated carbocycles. The highest BCUT2D eigenvalue weighted by Gasteiger charge is 2.23. The lowest BCUT2D eigenvalue weighted by Gasteiger charge is -2.11. The van der Waals surface area contributed by atoms with Gasteiger partial charge in [0.15, 0.2) is 17.2 Å². The number of nitrogens with one attached hydrogen (secondary N) is 1. The lowest BCUT2D eigenvalue weighted by Crippen LogP contribution is -2.26. The molecule has 0 atom stereocenters. The SMILES string of the molecule is COc1ccc(CCNC(=O)c2nnn(-c3ccccc3Cl)c2-c2ccncc2)cc1OC. The van der Waals surface area contributed by atoms with Gasteiger partial charge in [-0.1, -0.05) is 35.0 Å². The number of methoxy groups -OCH3 is 2. The highest BCUT2D eigenvalue weighted by atomic mass is 35.5. The van der Waals surface area contributed by atoms with Crippen molar-refractivity contribution in [3.8, 4) is 28.4 Å². The maximum Gasteiger partial charge on any atom is 0.274 e. The molecule has 2 aromatic carbocycles. The molecule has 1 amide bonds. The van der Waals surface area contributed by atoms with Crippen molar-refractivity contribution in [2.24, 2.45) is 0 Å². The number of halogens is 1. The topological polar surface area (TPSA) is 91.2 Å². The summed E-state index contributed by atoms with van der Waals surface area (Å²) in [5.41, 5.74) is 3.12. The first-order valence-corrected chi connectivity index (χ1v) is 10.6. The van der Waals surface area contributed by atoms with Gasteiger partial charge in [0.05, 0.1) is 24.9 Å². The van der Waals surface area contributed by atoms with Crippen molar-refractivity contribution >= 4 is 17.5 Å². The van der Waals surface area contributed by atoms with Crippen LogP contribution in [0.2, 0.25) is 5.02 Å². The molecule has 0 unspecified atom stereocenters. The van der Waals surface area contributed by atoms with Gasteiger partial charge < -0.3 is 14.8 Å². The number of rotatable bonds is 8. The molecule has 4 aromatic rings. The summed E-state index contributed by atoms with van der Waals surface area (Å²) in [6, 6.07) is 16.5. The van der Waals surface area contributed by atoms with Crippen molar-refractivity contribution in [3.63, 3.8) is 0 Å². The average molecular weight is 464 g/mol. The molecule has 0 aliphatic carbocycles. The molecular weight excluding hydrogens is 442 g/mol. The smallest absolute Gasteiger partial charge is 0.274 e. The first-order valence-electron chi connectivity index (χ1n) is 10.2. The second-order valence-electron chi connectivity index (χ2n) is 7.08. The van der Waals surface area contributed by atoms with Crippen molar-refractivity contribution in [3.05, 3.63) is 83.3 Å². The van der Waals surface area contributed by atoms with Crippen LogP contribution in [0.25, 0.3) is 16.9 Å². The lowest BCUT2D eigenvalue weighted by atomic mass is 10.1. The number of benzene rings is 2. The van der Waals surface area contributed by atoms with Gasteiger partial charge in [-0.3, -0.25) is 9.78 Å². The van der Waals surface area contributed by atoms with E-state index >= 15 is 0 Å². The van der Waals surface area contributed by atoms with E-state index in [4.69, 9.17) is 21.1 Å². The number of para-hydroxylation sites is 1. The fourth-order valence-corrected chi connectivity index (χ4v) is 3.65. The van der Waals surface area contributed by atoms with Crippen molar-refractivity contribution in [1.82, 2.24) is 25.3 Å². The maximum atomic E-state index is 13.1. The zero-order chi connectivity index (χ0) is 23.2. The van der Waals surface area contributed by atoms with Crippen LogP contribution in [0.5, 0.6) is 11.5 Å². The van der Waals surface area contributed by atoms with Gasteiger partial charge in [-0.15, -0.1) is 5.10 Å². The molecule has 0 aliphatic rings. The summed E-state index contributed by atoms with van der Waals surface area (Å²) >= 11 is 6.38. The number of amides is 1. The lowest BCUT2D eigenvalue weighted by molar-refractivity contribution is 0.0949. The van der Waals surface area contributed by atoms with E-state index in [9.17, 15) is 4.79 Å². The van der Waals surface area contributed by atoms with E-state index < -0.39 is 0 Å². The summed E-state index contributed by atoms with van der Waals surface area (Å²) in [5, 5.41) is 11.8. The molecule has 0 aliphatic heterocycles. The Bertz CT molecular complexity index is 1260. The van der Waals surface area contributed by atoms with E-state index in [1.54, 1.807) is 49.5 Å². The molecule has 9 heteroatoms. The number of nitrogens with zero attached hydrogens (tertiary/aromatic N) is 4. The van der Waals surface area contributed by atoms with E-state index in [0.717, 1.165) is 11.1 Å². The predicted molar refractivity (Wildman–Crippen MR) is 125 cm³/mol. The third-order valence-electron chi connectivity index (χ3n) is 5.07. The van der Waals surface area contributed by atoms with Gasteiger partial charge in [0.25, 0.3) is 5.91 Å². The summed E-state index contributed by atoms with van der Waals surface area (Å²) < 4.78 is 12.2. The van der Waals surface area contributed by atoms with Gasteiger partial charge >= 0.3 is 0 Å². The molecule has 0 bridgehead atoms. The number of ether oxygens (including phenoxy) is 2.